The fraction of sp³-hybridized carbons (Fsp3) is 0. The van der Waals surface area contributed by atoms with E-state index in [1.807, 2.05) is 0 Å². The quantitative estimate of drug-likeness (QED) is 0.405. The fourth-order valence-corrected chi connectivity index (χ4v) is 1.37. The SMILES string of the molecule is N=Nn1c(O)c2ccc(N)cc2c1O. The Balaban J connectivity index is 2.94. The van der Waals surface area contributed by atoms with Crippen molar-refractivity contribution >= 4 is 16.5 Å². The summed E-state index contributed by atoms with van der Waals surface area (Å²) < 4.78 is 0.726. The molecule has 1 aromatic carbocycles. The van der Waals surface area contributed by atoms with Crippen molar-refractivity contribution in [2.24, 2.45) is 5.22 Å². The standard InChI is InChI=1S/C8H8N4O2/c9-4-1-2-5-6(3-4)8(14)12(11-10)7(5)13/h1-3,10,13-14H,9H2. The summed E-state index contributed by atoms with van der Waals surface area (Å²) in [5, 5.41) is 22.8. The second-order valence-corrected chi connectivity index (χ2v) is 2.86. The molecule has 14 heavy (non-hydrogen) atoms. The molecule has 1 aromatic heterocycles. The molecule has 6 heteroatoms. The number of aromatic hydroxyl groups is 2. The van der Waals surface area contributed by atoms with Crippen LogP contribution in [0.2, 0.25) is 0 Å². The minimum Gasteiger partial charge on any atom is -0.493 e. The van der Waals surface area contributed by atoms with Gasteiger partial charge in [0.1, 0.15) is 0 Å². The molecule has 5 N–H and O–H groups in total. The number of nitrogens with one attached hydrogen (secondary N) is 1. The monoisotopic (exact) mass is 192 g/mol. The lowest BCUT2D eigenvalue weighted by atomic mass is 10.2. The van der Waals surface area contributed by atoms with Gasteiger partial charge in [0, 0.05) is 11.1 Å². The van der Waals surface area contributed by atoms with Gasteiger partial charge in [-0.25, -0.2) is 0 Å². The Morgan fingerprint density at radius 2 is 1.86 bits per heavy atom. The number of rotatable bonds is 1. The molecule has 0 fully saturated rings. The Bertz CT molecular complexity index is 518. The summed E-state index contributed by atoms with van der Waals surface area (Å²) in [5.41, 5.74) is 12.7. The summed E-state index contributed by atoms with van der Waals surface area (Å²) in [4.78, 5) is 0. The minimum absolute atomic E-state index is 0.271. The van der Waals surface area contributed by atoms with Gasteiger partial charge in [-0.05, 0) is 18.2 Å². The molecule has 0 saturated carbocycles. The van der Waals surface area contributed by atoms with Gasteiger partial charge in [-0.1, -0.05) is 5.22 Å². The van der Waals surface area contributed by atoms with Crippen molar-refractivity contribution in [3.05, 3.63) is 18.2 Å². The third-order valence-electron chi connectivity index (χ3n) is 2.03. The second kappa shape index (κ2) is 2.63. The normalized spacial score (nSPS) is 10.6. The molecule has 72 valence electrons. The molecule has 1 heterocycles. The first-order chi connectivity index (χ1) is 6.65. The van der Waals surface area contributed by atoms with Crippen molar-refractivity contribution in [2.75, 3.05) is 5.73 Å². The van der Waals surface area contributed by atoms with Crippen molar-refractivity contribution in [1.82, 2.24) is 4.68 Å². The van der Waals surface area contributed by atoms with Crippen LogP contribution in [0, 0.1) is 5.53 Å². The van der Waals surface area contributed by atoms with Gasteiger partial charge in [-0.2, -0.15) is 5.53 Å². The van der Waals surface area contributed by atoms with E-state index >= 15 is 0 Å². The van der Waals surface area contributed by atoms with Crippen molar-refractivity contribution in [1.29, 1.82) is 5.53 Å². The Morgan fingerprint density at radius 1 is 1.21 bits per heavy atom. The maximum Gasteiger partial charge on any atom is 0.225 e. The van der Waals surface area contributed by atoms with Crippen LogP contribution in [0.15, 0.2) is 23.4 Å². The highest BCUT2D eigenvalue weighted by Gasteiger charge is 2.15. The molecular weight excluding hydrogens is 184 g/mol. The summed E-state index contributed by atoms with van der Waals surface area (Å²) >= 11 is 0. The number of hydrogen-bond acceptors (Lipinski definition) is 5. The number of fused-ring (bicyclic) bond motifs is 1. The Kier molecular flexibility index (Phi) is 1.57. The van der Waals surface area contributed by atoms with Crippen LogP contribution in [0.25, 0.3) is 10.8 Å². The van der Waals surface area contributed by atoms with E-state index in [1.54, 1.807) is 12.1 Å². The van der Waals surface area contributed by atoms with Gasteiger partial charge in [-0.3, -0.25) is 0 Å². The van der Waals surface area contributed by atoms with E-state index in [0.717, 1.165) is 4.68 Å². The third kappa shape index (κ3) is 0.905. The number of nitrogens with zero attached hydrogens (tertiary/aromatic N) is 2. The highest BCUT2D eigenvalue weighted by atomic mass is 16.3. The van der Waals surface area contributed by atoms with Crippen molar-refractivity contribution in [3.63, 3.8) is 0 Å². The van der Waals surface area contributed by atoms with E-state index < -0.39 is 0 Å². The van der Waals surface area contributed by atoms with Crippen molar-refractivity contribution in [3.8, 4) is 11.8 Å². The molecule has 0 aliphatic heterocycles. The zero-order chi connectivity index (χ0) is 10.3. The summed E-state index contributed by atoms with van der Waals surface area (Å²) in [6, 6.07) is 4.66. The predicted octanol–water partition coefficient (Wildman–Crippen LogP) is 1.43. The lowest BCUT2D eigenvalue weighted by Crippen LogP contribution is -1.82. The number of anilines is 1. The van der Waals surface area contributed by atoms with Gasteiger partial charge < -0.3 is 15.9 Å². The molecule has 0 atom stereocenters. The van der Waals surface area contributed by atoms with Crippen LogP contribution in [0.1, 0.15) is 0 Å². The average Bonchev–Trinajstić information content (AvgIpc) is 2.39. The molecule has 0 radical (unpaired) electrons. The zero-order valence-electron chi connectivity index (χ0n) is 7.10. The summed E-state index contributed by atoms with van der Waals surface area (Å²) in [6.45, 7) is 0. The van der Waals surface area contributed by atoms with Crippen LogP contribution >= 0.6 is 0 Å². The zero-order valence-corrected chi connectivity index (χ0v) is 7.10. The lowest BCUT2D eigenvalue weighted by molar-refractivity contribution is 0.379. The minimum atomic E-state index is -0.292. The van der Waals surface area contributed by atoms with E-state index in [1.165, 1.54) is 6.07 Å². The highest BCUT2D eigenvalue weighted by Crippen LogP contribution is 2.36. The highest BCUT2D eigenvalue weighted by molar-refractivity contribution is 5.94. The molecule has 2 rings (SSSR count). The number of nitrogen functional groups attached to an aromatic ring is 1. The van der Waals surface area contributed by atoms with Crippen LogP contribution in [-0.2, 0) is 0 Å². The van der Waals surface area contributed by atoms with Gasteiger partial charge in [0.25, 0.3) is 0 Å². The Morgan fingerprint density at radius 3 is 2.50 bits per heavy atom. The van der Waals surface area contributed by atoms with Gasteiger partial charge in [0.05, 0.1) is 5.39 Å². The van der Waals surface area contributed by atoms with Gasteiger partial charge in [0.2, 0.25) is 11.8 Å². The first-order valence-electron chi connectivity index (χ1n) is 3.84. The topological polar surface area (TPSA) is 108 Å². The van der Waals surface area contributed by atoms with Crippen LogP contribution in [0.4, 0.5) is 5.69 Å². The van der Waals surface area contributed by atoms with Crippen molar-refractivity contribution < 1.29 is 10.2 Å². The molecule has 0 amide bonds. The van der Waals surface area contributed by atoms with Crippen molar-refractivity contribution in [2.45, 2.75) is 0 Å². The maximum atomic E-state index is 9.53. The van der Waals surface area contributed by atoms with Crippen LogP contribution < -0.4 is 5.73 Å². The number of benzene rings is 1. The first kappa shape index (κ1) is 8.36. The largest absolute Gasteiger partial charge is 0.493 e. The Labute approximate surface area is 78.7 Å². The van der Waals surface area contributed by atoms with Crippen LogP contribution in [0.3, 0.4) is 0 Å². The predicted molar refractivity (Wildman–Crippen MR) is 50.2 cm³/mol. The van der Waals surface area contributed by atoms with Gasteiger partial charge in [0.15, 0.2) is 0 Å². The average molecular weight is 192 g/mol. The first-order valence-corrected chi connectivity index (χ1v) is 3.84. The Hall–Kier alpha value is -2.24. The second-order valence-electron chi connectivity index (χ2n) is 2.86. The van der Waals surface area contributed by atoms with Crippen LogP contribution in [-0.4, -0.2) is 14.9 Å². The van der Waals surface area contributed by atoms with E-state index in [9.17, 15) is 10.2 Å². The van der Waals surface area contributed by atoms with Gasteiger partial charge >= 0.3 is 0 Å². The number of nitrogens with two attached hydrogens (primary N) is 1. The third-order valence-corrected chi connectivity index (χ3v) is 2.03. The molecule has 0 saturated heterocycles. The maximum absolute atomic E-state index is 9.53. The molecule has 2 aromatic rings. The molecule has 0 spiro atoms. The summed E-state index contributed by atoms with van der Waals surface area (Å²) in [5.74, 6) is -0.563. The van der Waals surface area contributed by atoms with E-state index in [2.05, 4.69) is 5.22 Å². The van der Waals surface area contributed by atoms with Gasteiger partial charge in [-0.15, -0.1) is 4.68 Å². The summed E-state index contributed by atoms with van der Waals surface area (Å²) in [7, 11) is 0. The van der Waals surface area contributed by atoms with E-state index in [4.69, 9.17) is 11.3 Å². The fourth-order valence-electron chi connectivity index (χ4n) is 1.37. The number of aromatic nitrogens is 1. The smallest absolute Gasteiger partial charge is 0.225 e. The number of hydrogen-bond donors (Lipinski definition) is 4. The van der Waals surface area contributed by atoms with E-state index in [-0.39, 0.29) is 11.8 Å². The molecule has 0 unspecified atom stereocenters. The molecular formula is C8H8N4O2. The lowest BCUT2D eigenvalue weighted by Gasteiger charge is -1.93. The van der Waals surface area contributed by atoms with E-state index in [0.29, 0.717) is 16.5 Å². The summed E-state index contributed by atoms with van der Waals surface area (Å²) in [6.07, 6.45) is 0. The molecule has 0 bridgehead atoms. The van der Waals surface area contributed by atoms with Crippen LogP contribution in [0.5, 0.6) is 11.8 Å². The molecule has 6 nitrogen and oxygen atoms in total. The molecule has 0 aliphatic rings. The molecule has 0 aliphatic carbocycles.